The Bertz CT molecular complexity index is 513. The predicted molar refractivity (Wildman–Crippen MR) is 82.5 cm³/mol. The van der Waals surface area contributed by atoms with Gasteiger partial charge in [-0.2, -0.15) is 0 Å². The van der Waals surface area contributed by atoms with E-state index in [1.807, 2.05) is 12.1 Å². The average Bonchev–Trinajstić information content (AvgIpc) is 2.51. The molecule has 4 heteroatoms. The van der Waals surface area contributed by atoms with Crippen LogP contribution in [0.3, 0.4) is 0 Å². The number of benzene rings is 1. The Morgan fingerprint density at radius 1 is 1.38 bits per heavy atom. The number of nitrogens with one attached hydrogen (secondary N) is 1. The normalized spacial score (nSPS) is 21.0. The fourth-order valence-corrected chi connectivity index (χ4v) is 3.00. The molecule has 4 nitrogen and oxygen atoms in total. The molecule has 21 heavy (non-hydrogen) atoms. The lowest BCUT2D eigenvalue weighted by Gasteiger charge is -2.38. The van der Waals surface area contributed by atoms with Crippen molar-refractivity contribution in [2.45, 2.75) is 38.6 Å². The first-order valence-electron chi connectivity index (χ1n) is 7.54. The monoisotopic (exact) mass is 291 g/mol. The van der Waals surface area contributed by atoms with E-state index in [4.69, 9.17) is 9.47 Å². The van der Waals surface area contributed by atoms with Crippen LogP contribution in [0.4, 0.5) is 0 Å². The number of aryl methyl sites for hydroxylation is 1. The van der Waals surface area contributed by atoms with E-state index < -0.39 is 5.54 Å². The first kappa shape index (κ1) is 15.8. The van der Waals surface area contributed by atoms with Gasteiger partial charge in [-0.1, -0.05) is 19.9 Å². The number of carbonyl (C=O) groups excluding carboxylic acids is 1. The summed E-state index contributed by atoms with van der Waals surface area (Å²) in [5.41, 5.74) is 1.45. The molecule has 0 saturated heterocycles. The second kappa shape index (κ2) is 6.48. The van der Waals surface area contributed by atoms with Crippen molar-refractivity contribution in [2.24, 2.45) is 5.92 Å². The van der Waals surface area contributed by atoms with Crippen molar-refractivity contribution in [1.29, 1.82) is 0 Å². The van der Waals surface area contributed by atoms with Crippen LogP contribution < -0.4 is 10.1 Å². The van der Waals surface area contributed by atoms with Crippen LogP contribution in [0.1, 0.15) is 37.8 Å². The lowest BCUT2D eigenvalue weighted by atomic mass is 9.76. The maximum Gasteiger partial charge on any atom is 0.330 e. The van der Waals surface area contributed by atoms with Crippen molar-refractivity contribution in [3.8, 4) is 5.75 Å². The number of esters is 1. The number of fused-ring (bicyclic) bond motifs is 1. The lowest BCUT2D eigenvalue weighted by molar-refractivity contribution is -0.150. The number of rotatable bonds is 5. The molecule has 1 aromatic rings. The minimum Gasteiger partial charge on any atom is -0.497 e. The second-order valence-corrected chi connectivity index (χ2v) is 6.05. The van der Waals surface area contributed by atoms with Crippen LogP contribution in [0.25, 0.3) is 0 Å². The Labute approximate surface area is 126 Å². The van der Waals surface area contributed by atoms with Crippen LogP contribution in [0.2, 0.25) is 0 Å². The molecule has 1 aromatic carbocycles. The van der Waals surface area contributed by atoms with Gasteiger partial charge < -0.3 is 9.47 Å². The Balaban J connectivity index is 2.48. The summed E-state index contributed by atoms with van der Waals surface area (Å²) in [5.74, 6) is 1.02. The molecule has 0 aromatic heterocycles. The molecule has 0 radical (unpaired) electrons. The summed E-state index contributed by atoms with van der Waals surface area (Å²) in [5, 5.41) is 3.46. The minimum atomic E-state index is -0.749. The molecular weight excluding hydrogens is 266 g/mol. The van der Waals surface area contributed by atoms with Gasteiger partial charge in [-0.15, -0.1) is 0 Å². The van der Waals surface area contributed by atoms with Crippen molar-refractivity contribution in [2.75, 3.05) is 20.8 Å². The molecule has 2 rings (SSSR count). The van der Waals surface area contributed by atoms with Gasteiger partial charge in [-0.05, 0) is 55.0 Å². The Morgan fingerprint density at radius 2 is 2.14 bits per heavy atom. The van der Waals surface area contributed by atoms with Crippen LogP contribution in [-0.4, -0.2) is 26.7 Å². The molecule has 0 amide bonds. The number of carbonyl (C=O) groups is 1. The molecule has 1 atom stereocenters. The van der Waals surface area contributed by atoms with E-state index in [9.17, 15) is 4.79 Å². The van der Waals surface area contributed by atoms with E-state index in [1.54, 1.807) is 7.11 Å². The third kappa shape index (κ3) is 3.05. The standard InChI is InChI=1S/C17H25NO3/c1-12(2)11-18-17(16(19)21-4)9-5-6-13-7-8-14(20-3)10-15(13)17/h7-8,10,12,18H,5-6,9,11H2,1-4H3. The van der Waals surface area contributed by atoms with Gasteiger partial charge in [-0.3, -0.25) is 5.32 Å². The van der Waals surface area contributed by atoms with Crippen LogP contribution in [0.5, 0.6) is 5.75 Å². The maximum absolute atomic E-state index is 12.5. The van der Waals surface area contributed by atoms with Gasteiger partial charge in [0, 0.05) is 0 Å². The zero-order valence-electron chi connectivity index (χ0n) is 13.4. The highest BCUT2D eigenvalue weighted by molar-refractivity contribution is 5.83. The summed E-state index contributed by atoms with van der Waals surface area (Å²) in [4.78, 5) is 12.5. The largest absolute Gasteiger partial charge is 0.497 e. The molecule has 0 saturated carbocycles. The Morgan fingerprint density at radius 3 is 2.76 bits per heavy atom. The maximum atomic E-state index is 12.5. The molecule has 0 aliphatic heterocycles. The van der Waals surface area contributed by atoms with Crippen molar-refractivity contribution >= 4 is 5.97 Å². The van der Waals surface area contributed by atoms with Gasteiger partial charge in [0.05, 0.1) is 14.2 Å². The number of hydrogen-bond acceptors (Lipinski definition) is 4. The molecule has 1 N–H and O–H groups in total. The van der Waals surface area contributed by atoms with E-state index in [-0.39, 0.29) is 5.97 Å². The zero-order chi connectivity index (χ0) is 15.5. The van der Waals surface area contributed by atoms with Gasteiger partial charge >= 0.3 is 5.97 Å². The first-order valence-corrected chi connectivity index (χ1v) is 7.54. The highest BCUT2D eigenvalue weighted by atomic mass is 16.5. The summed E-state index contributed by atoms with van der Waals surface area (Å²) in [6.45, 7) is 5.03. The van der Waals surface area contributed by atoms with E-state index >= 15 is 0 Å². The highest BCUT2D eigenvalue weighted by Crippen LogP contribution is 2.38. The lowest BCUT2D eigenvalue weighted by Crippen LogP contribution is -2.53. The quantitative estimate of drug-likeness (QED) is 0.847. The summed E-state index contributed by atoms with van der Waals surface area (Å²) >= 11 is 0. The predicted octanol–water partition coefficient (Wildman–Crippen LogP) is 2.65. The molecule has 0 bridgehead atoms. The summed E-state index contributed by atoms with van der Waals surface area (Å²) in [6, 6.07) is 5.98. The van der Waals surface area contributed by atoms with Crippen LogP contribution in [0, 0.1) is 5.92 Å². The summed E-state index contributed by atoms with van der Waals surface area (Å²) in [7, 11) is 3.10. The number of methoxy groups -OCH3 is 2. The van der Waals surface area contributed by atoms with E-state index in [2.05, 4.69) is 25.2 Å². The number of hydrogen-bond donors (Lipinski definition) is 1. The van der Waals surface area contributed by atoms with Gasteiger partial charge in [0.15, 0.2) is 0 Å². The Kier molecular flexibility index (Phi) is 4.88. The molecule has 0 fully saturated rings. The first-order chi connectivity index (χ1) is 10.0. The molecule has 1 aliphatic carbocycles. The SMILES string of the molecule is COC(=O)C1(NCC(C)C)CCCc2ccc(OC)cc21. The second-order valence-electron chi connectivity index (χ2n) is 6.05. The van der Waals surface area contributed by atoms with Crippen LogP contribution >= 0.6 is 0 Å². The van der Waals surface area contributed by atoms with Gasteiger partial charge in [0.25, 0.3) is 0 Å². The molecule has 1 aliphatic rings. The Hall–Kier alpha value is -1.55. The van der Waals surface area contributed by atoms with Gasteiger partial charge in [-0.25, -0.2) is 4.79 Å². The van der Waals surface area contributed by atoms with E-state index in [0.29, 0.717) is 5.92 Å². The van der Waals surface area contributed by atoms with E-state index in [1.165, 1.54) is 12.7 Å². The van der Waals surface area contributed by atoms with Crippen LogP contribution in [0.15, 0.2) is 18.2 Å². The third-order valence-corrected chi connectivity index (χ3v) is 4.12. The fraction of sp³-hybridized carbons (Fsp3) is 0.588. The minimum absolute atomic E-state index is 0.211. The van der Waals surface area contributed by atoms with Gasteiger partial charge in [0.2, 0.25) is 0 Å². The van der Waals surface area contributed by atoms with Crippen molar-refractivity contribution in [3.63, 3.8) is 0 Å². The topological polar surface area (TPSA) is 47.6 Å². The fourth-order valence-electron chi connectivity index (χ4n) is 3.00. The smallest absolute Gasteiger partial charge is 0.330 e. The van der Waals surface area contributed by atoms with Crippen molar-refractivity contribution < 1.29 is 14.3 Å². The highest BCUT2D eigenvalue weighted by Gasteiger charge is 2.44. The van der Waals surface area contributed by atoms with Crippen molar-refractivity contribution in [3.05, 3.63) is 29.3 Å². The third-order valence-electron chi connectivity index (χ3n) is 4.12. The molecular formula is C17H25NO3. The van der Waals surface area contributed by atoms with Crippen LogP contribution in [-0.2, 0) is 21.5 Å². The van der Waals surface area contributed by atoms with Crippen molar-refractivity contribution in [1.82, 2.24) is 5.32 Å². The summed E-state index contributed by atoms with van der Waals surface area (Å²) < 4.78 is 10.4. The molecule has 116 valence electrons. The molecule has 0 spiro atoms. The van der Waals surface area contributed by atoms with E-state index in [0.717, 1.165) is 37.1 Å². The van der Waals surface area contributed by atoms with Gasteiger partial charge in [0.1, 0.15) is 11.3 Å². The molecule has 0 heterocycles. The molecule has 1 unspecified atom stereocenters. The summed E-state index contributed by atoms with van der Waals surface area (Å²) in [6.07, 6.45) is 2.72. The average molecular weight is 291 g/mol. The number of ether oxygens (including phenoxy) is 2. The zero-order valence-corrected chi connectivity index (χ0v) is 13.4.